The van der Waals surface area contributed by atoms with Crippen LogP contribution in [0.5, 0.6) is 5.75 Å². The van der Waals surface area contributed by atoms with Crippen LogP contribution in [-0.4, -0.2) is 40.0 Å². The molecule has 1 aliphatic heterocycles. The van der Waals surface area contributed by atoms with Gasteiger partial charge >= 0.3 is 0 Å². The lowest BCUT2D eigenvalue weighted by Gasteiger charge is -2.35. The number of imidazole rings is 1. The molecule has 1 unspecified atom stereocenters. The van der Waals surface area contributed by atoms with Crippen molar-refractivity contribution in [3.8, 4) is 5.75 Å². The molecule has 1 fully saturated rings. The highest BCUT2D eigenvalue weighted by Gasteiger charge is 2.31. The molecule has 0 radical (unpaired) electrons. The van der Waals surface area contributed by atoms with Gasteiger partial charge in [0.1, 0.15) is 24.2 Å². The van der Waals surface area contributed by atoms with Crippen LogP contribution in [0.15, 0.2) is 60.9 Å². The van der Waals surface area contributed by atoms with E-state index in [-0.39, 0.29) is 24.4 Å². The van der Waals surface area contributed by atoms with Crippen LogP contribution in [0.2, 0.25) is 0 Å². The summed E-state index contributed by atoms with van der Waals surface area (Å²) >= 11 is 0. The van der Waals surface area contributed by atoms with Gasteiger partial charge in [0.05, 0.1) is 0 Å². The van der Waals surface area contributed by atoms with Gasteiger partial charge in [0, 0.05) is 44.6 Å². The van der Waals surface area contributed by atoms with Crippen LogP contribution < -0.4 is 10.1 Å². The van der Waals surface area contributed by atoms with Crippen molar-refractivity contribution in [1.82, 2.24) is 19.8 Å². The van der Waals surface area contributed by atoms with Gasteiger partial charge in [-0.3, -0.25) is 4.79 Å². The summed E-state index contributed by atoms with van der Waals surface area (Å²) in [6, 6.07) is 15.6. The Kier molecular flexibility index (Phi) is 7.13. The fraction of sp³-hybridized carbons (Fsp3) is 0.304. The minimum atomic E-state index is -0.0897. The minimum absolute atomic E-state index is 0. The molecular formula is C23H27ClN4O2. The van der Waals surface area contributed by atoms with Gasteiger partial charge in [-0.25, -0.2) is 4.98 Å². The van der Waals surface area contributed by atoms with Gasteiger partial charge in [-0.05, 0) is 30.7 Å². The Labute approximate surface area is 183 Å². The first-order valence-corrected chi connectivity index (χ1v) is 9.89. The number of amides is 1. The summed E-state index contributed by atoms with van der Waals surface area (Å²) in [7, 11) is 1.96. The van der Waals surface area contributed by atoms with Crippen molar-refractivity contribution in [3.63, 3.8) is 0 Å². The third-order valence-electron chi connectivity index (χ3n) is 5.23. The quantitative estimate of drug-likeness (QED) is 0.678. The molecule has 0 spiro atoms. The standard InChI is InChI=1S/C23H26N4O2.ClH/c1-17-5-3-6-18(13-17)16-29-20-8-4-7-19(14-20)23(28)27-12-9-24-15-21(27)22-25-10-11-26(22)2;/h3-8,10-11,13-14,21,24H,9,12,15-16H2,1-2H3;1H. The molecule has 3 aromatic rings. The zero-order chi connectivity index (χ0) is 20.2. The normalized spacial score (nSPS) is 16.1. The van der Waals surface area contributed by atoms with Gasteiger partial charge in [0.2, 0.25) is 0 Å². The SMILES string of the molecule is Cc1cccc(COc2cccc(C(=O)N3CCNCC3c3nccn3C)c2)c1.Cl. The molecule has 1 aliphatic rings. The van der Waals surface area contributed by atoms with Crippen LogP contribution in [0.1, 0.15) is 33.4 Å². The molecule has 1 atom stereocenters. The molecule has 1 amide bonds. The van der Waals surface area contributed by atoms with Crippen LogP contribution in [0.4, 0.5) is 0 Å². The number of benzene rings is 2. The van der Waals surface area contributed by atoms with Gasteiger partial charge < -0.3 is 19.5 Å². The number of nitrogens with zero attached hydrogens (tertiary/aromatic N) is 3. The van der Waals surface area contributed by atoms with E-state index in [0.717, 1.165) is 17.9 Å². The monoisotopic (exact) mass is 426 g/mol. The van der Waals surface area contributed by atoms with Gasteiger partial charge in [-0.1, -0.05) is 35.9 Å². The molecular weight excluding hydrogens is 400 g/mol. The summed E-state index contributed by atoms with van der Waals surface area (Å²) in [4.78, 5) is 19.7. The van der Waals surface area contributed by atoms with Crippen molar-refractivity contribution in [2.45, 2.75) is 19.6 Å². The van der Waals surface area contributed by atoms with Crippen molar-refractivity contribution in [2.24, 2.45) is 7.05 Å². The molecule has 30 heavy (non-hydrogen) atoms. The second-order valence-corrected chi connectivity index (χ2v) is 7.42. The molecule has 6 nitrogen and oxygen atoms in total. The predicted molar refractivity (Wildman–Crippen MR) is 119 cm³/mol. The van der Waals surface area contributed by atoms with Crippen LogP contribution in [0.3, 0.4) is 0 Å². The van der Waals surface area contributed by atoms with Gasteiger partial charge in [0.25, 0.3) is 5.91 Å². The van der Waals surface area contributed by atoms with E-state index in [0.29, 0.717) is 31.0 Å². The number of carbonyl (C=O) groups is 1. The zero-order valence-electron chi connectivity index (χ0n) is 17.2. The molecule has 7 heteroatoms. The van der Waals surface area contributed by atoms with Crippen LogP contribution in [-0.2, 0) is 13.7 Å². The average molecular weight is 427 g/mol. The number of halogens is 1. The van der Waals surface area contributed by atoms with Crippen molar-refractivity contribution < 1.29 is 9.53 Å². The van der Waals surface area contributed by atoms with E-state index in [9.17, 15) is 4.79 Å². The van der Waals surface area contributed by atoms with Crippen molar-refractivity contribution >= 4 is 18.3 Å². The lowest BCUT2D eigenvalue weighted by atomic mass is 10.1. The molecule has 1 aromatic heterocycles. The Morgan fingerprint density at radius 1 is 1.23 bits per heavy atom. The second-order valence-electron chi connectivity index (χ2n) is 7.42. The molecule has 0 aliphatic carbocycles. The second kappa shape index (κ2) is 9.78. The number of ether oxygens (including phenoxy) is 1. The summed E-state index contributed by atoms with van der Waals surface area (Å²) in [6.45, 7) is 4.65. The van der Waals surface area contributed by atoms with Crippen LogP contribution in [0.25, 0.3) is 0 Å². The molecule has 1 N–H and O–H groups in total. The first-order chi connectivity index (χ1) is 14.1. The number of piperazine rings is 1. The third kappa shape index (κ3) is 4.83. The van der Waals surface area contributed by atoms with E-state index < -0.39 is 0 Å². The molecule has 158 valence electrons. The van der Waals surface area contributed by atoms with E-state index in [1.807, 2.05) is 59.1 Å². The van der Waals surface area contributed by atoms with E-state index in [1.165, 1.54) is 5.56 Å². The minimum Gasteiger partial charge on any atom is -0.489 e. The molecule has 2 aromatic carbocycles. The van der Waals surface area contributed by atoms with Gasteiger partial charge in [-0.2, -0.15) is 0 Å². The van der Waals surface area contributed by atoms with Crippen LogP contribution >= 0.6 is 12.4 Å². The largest absolute Gasteiger partial charge is 0.489 e. The maximum Gasteiger partial charge on any atom is 0.254 e. The number of carbonyl (C=O) groups excluding carboxylic acids is 1. The summed E-state index contributed by atoms with van der Waals surface area (Å²) in [5, 5.41) is 3.37. The lowest BCUT2D eigenvalue weighted by Crippen LogP contribution is -2.49. The Balaban J connectivity index is 0.00000256. The van der Waals surface area contributed by atoms with Crippen LogP contribution in [0, 0.1) is 6.92 Å². The molecule has 1 saturated heterocycles. The van der Waals surface area contributed by atoms with Crippen molar-refractivity contribution in [2.75, 3.05) is 19.6 Å². The Hall–Kier alpha value is -2.83. The summed E-state index contributed by atoms with van der Waals surface area (Å²) in [5.41, 5.74) is 2.94. The number of hydrogen-bond donors (Lipinski definition) is 1. The highest BCUT2D eigenvalue weighted by molar-refractivity contribution is 5.95. The Morgan fingerprint density at radius 2 is 2.07 bits per heavy atom. The fourth-order valence-corrected chi connectivity index (χ4v) is 3.73. The summed E-state index contributed by atoms with van der Waals surface area (Å²) < 4.78 is 7.92. The number of aromatic nitrogens is 2. The molecule has 0 bridgehead atoms. The summed E-state index contributed by atoms with van der Waals surface area (Å²) in [6.07, 6.45) is 3.68. The van der Waals surface area contributed by atoms with E-state index in [1.54, 1.807) is 6.20 Å². The first-order valence-electron chi connectivity index (χ1n) is 9.89. The third-order valence-corrected chi connectivity index (χ3v) is 5.23. The van der Waals surface area contributed by atoms with E-state index >= 15 is 0 Å². The predicted octanol–water partition coefficient (Wildman–Crippen LogP) is 3.52. The topological polar surface area (TPSA) is 59.4 Å². The highest BCUT2D eigenvalue weighted by Crippen LogP contribution is 2.24. The summed E-state index contributed by atoms with van der Waals surface area (Å²) in [5.74, 6) is 1.58. The lowest BCUT2D eigenvalue weighted by molar-refractivity contribution is 0.0620. The van der Waals surface area contributed by atoms with Gasteiger partial charge in [-0.15, -0.1) is 12.4 Å². The zero-order valence-corrected chi connectivity index (χ0v) is 18.1. The molecule has 2 heterocycles. The fourth-order valence-electron chi connectivity index (χ4n) is 3.73. The van der Waals surface area contributed by atoms with E-state index in [4.69, 9.17) is 4.74 Å². The number of nitrogens with one attached hydrogen (secondary N) is 1. The molecule has 0 saturated carbocycles. The Bertz CT molecular complexity index is 1000. The smallest absolute Gasteiger partial charge is 0.254 e. The first kappa shape index (κ1) is 21.9. The maximum absolute atomic E-state index is 13.3. The van der Waals surface area contributed by atoms with Crippen molar-refractivity contribution in [1.29, 1.82) is 0 Å². The maximum atomic E-state index is 13.3. The average Bonchev–Trinajstić information content (AvgIpc) is 3.18. The van der Waals surface area contributed by atoms with Gasteiger partial charge in [0.15, 0.2) is 0 Å². The number of hydrogen-bond acceptors (Lipinski definition) is 4. The van der Waals surface area contributed by atoms with Crippen molar-refractivity contribution in [3.05, 3.63) is 83.4 Å². The number of rotatable bonds is 5. The highest BCUT2D eigenvalue weighted by atomic mass is 35.5. The number of aryl methyl sites for hydroxylation is 2. The van der Waals surface area contributed by atoms with E-state index in [2.05, 4.69) is 29.4 Å². The molecule has 4 rings (SSSR count). The Morgan fingerprint density at radius 3 is 2.83 bits per heavy atom.